The van der Waals surface area contributed by atoms with Crippen LogP contribution in [0.5, 0.6) is 0 Å². The number of nitrogens with zero attached hydrogens (tertiary/aromatic N) is 4. The van der Waals surface area contributed by atoms with Gasteiger partial charge in [0, 0.05) is 12.3 Å². The van der Waals surface area contributed by atoms with E-state index in [1.54, 1.807) is 16.3 Å². The predicted octanol–water partition coefficient (Wildman–Crippen LogP) is 0.762. The Bertz CT molecular complexity index is 743. The SMILES string of the molecule is CCCNc1nc(SCCC)nc2c1ncn2[C@@H]1O[C@H](CO)C(O)C1O. The number of imidazole rings is 1. The molecule has 2 unspecified atom stereocenters. The second kappa shape index (κ2) is 8.49. The fourth-order valence-electron chi connectivity index (χ4n) is 2.82. The van der Waals surface area contributed by atoms with Crippen molar-refractivity contribution in [1.82, 2.24) is 19.5 Å². The maximum atomic E-state index is 10.3. The molecule has 4 atom stereocenters. The van der Waals surface area contributed by atoms with Gasteiger partial charge in [0.15, 0.2) is 28.4 Å². The Morgan fingerprint density at radius 2 is 2.04 bits per heavy atom. The van der Waals surface area contributed by atoms with Crippen molar-refractivity contribution in [3.8, 4) is 0 Å². The van der Waals surface area contributed by atoms with E-state index < -0.39 is 24.5 Å². The Labute approximate surface area is 155 Å². The summed E-state index contributed by atoms with van der Waals surface area (Å²) in [6, 6.07) is 0. The highest BCUT2D eigenvalue weighted by Crippen LogP contribution is 2.33. The third kappa shape index (κ3) is 3.65. The highest BCUT2D eigenvalue weighted by molar-refractivity contribution is 7.99. The molecule has 3 heterocycles. The van der Waals surface area contributed by atoms with Gasteiger partial charge >= 0.3 is 0 Å². The van der Waals surface area contributed by atoms with Gasteiger partial charge in [-0.1, -0.05) is 25.6 Å². The number of anilines is 1. The molecule has 2 aromatic heterocycles. The molecule has 1 fully saturated rings. The molecule has 0 bridgehead atoms. The molecule has 0 amide bonds. The number of aliphatic hydroxyl groups is 3. The van der Waals surface area contributed by atoms with Crippen LogP contribution >= 0.6 is 11.8 Å². The van der Waals surface area contributed by atoms with Gasteiger partial charge in [-0.25, -0.2) is 15.0 Å². The van der Waals surface area contributed by atoms with Crippen LogP contribution in [0.2, 0.25) is 0 Å². The largest absolute Gasteiger partial charge is 0.394 e. The minimum absolute atomic E-state index is 0.378. The first-order chi connectivity index (χ1) is 12.6. The topological polar surface area (TPSA) is 126 Å². The van der Waals surface area contributed by atoms with Crippen molar-refractivity contribution < 1.29 is 20.1 Å². The summed E-state index contributed by atoms with van der Waals surface area (Å²) in [6.07, 6.45) is -0.609. The minimum Gasteiger partial charge on any atom is -0.394 e. The third-order valence-electron chi connectivity index (χ3n) is 4.17. The van der Waals surface area contributed by atoms with Crippen LogP contribution in [-0.4, -0.2) is 72.1 Å². The van der Waals surface area contributed by atoms with Crippen LogP contribution in [0.1, 0.15) is 32.9 Å². The van der Waals surface area contributed by atoms with Gasteiger partial charge in [-0.15, -0.1) is 0 Å². The van der Waals surface area contributed by atoms with E-state index in [9.17, 15) is 15.3 Å². The summed E-state index contributed by atoms with van der Waals surface area (Å²) >= 11 is 1.55. The Morgan fingerprint density at radius 1 is 1.23 bits per heavy atom. The summed E-state index contributed by atoms with van der Waals surface area (Å²) in [5.74, 6) is 1.53. The van der Waals surface area contributed by atoms with E-state index in [0.29, 0.717) is 22.1 Å². The van der Waals surface area contributed by atoms with Gasteiger partial charge in [0.1, 0.15) is 18.3 Å². The Kier molecular flexibility index (Phi) is 6.30. The molecule has 1 saturated heterocycles. The van der Waals surface area contributed by atoms with E-state index in [1.807, 2.05) is 0 Å². The molecule has 4 N–H and O–H groups in total. The van der Waals surface area contributed by atoms with Crippen LogP contribution in [0, 0.1) is 0 Å². The average molecular weight is 383 g/mol. The van der Waals surface area contributed by atoms with Crippen molar-refractivity contribution in [3.63, 3.8) is 0 Å². The summed E-state index contributed by atoms with van der Waals surface area (Å²) < 4.78 is 7.21. The summed E-state index contributed by atoms with van der Waals surface area (Å²) in [4.78, 5) is 13.5. The lowest BCUT2D eigenvalue weighted by atomic mass is 10.1. The number of fused-ring (bicyclic) bond motifs is 1. The molecule has 0 saturated carbocycles. The molecule has 0 aliphatic carbocycles. The highest BCUT2D eigenvalue weighted by Gasteiger charge is 2.44. The highest BCUT2D eigenvalue weighted by atomic mass is 32.2. The number of hydrogen-bond donors (Lipinski definition) is 4. The fourth-order valence-corrected chi connectivity index (χ4v) is 3.51. The number of ether oxygens (including phenoxy) is 1. The number of aromatic nitrogens is 4. The molecule has 3 rings (SSSR count). The quantitative estimate of drug-likeness (QED) is 0.386. The molecule has 144 valence electrons. The third-order valence-corrected chi connectivity index (χ3v) is 5.22. The zero-order chi connectivity index (χ0) is 18.7. The summed E-state index contributed by atoms with van der Waals surface area (Å²) in [6.45, 7) is 4.53. The van der Waals surface area contributed by atoms with Gasteiger partial charge in [0.2, 0.25) is 0 Å². The molecule has 10 heteroatoms. The Balaban J connectivity index is 2.01. The van der Waals surface area contributed by atoms with Crippen LogP contribution in [-0.2, 0) is 4.74 Å². The van der Waals surface area contributed by atoms with Crippen LogP contribution < -0.4 is 5.32 Å². The van der Waals surface area contributed by atoms with Crippen LogP contribution in [0.3, 0.4) is 0 Å². The summed E-state index contributed by atoms with van der Waals surface area (Å²) in [5, 5.41) is 33.5. The Morgan fingerprint density at radius 3 is 2.69 bits per heavy atom. The smallest absolute Gasteiger partial charge is 0.191 e. The first kappa shape index (κ1) is 19.3. The lowest BCUT2D eigenvalue weighted by Crippen LogP contribution is -2.33. The van der Waals surface area contributed by atoms with E-state index in [0.717, 1.165) is 25.1 Å². The van der Waals surface area contributed by atoms with Crippen molar-refractivity contribution in [2.24, 2.45) is 0 Å². The van der Waals surface area contributed by atoms with Crippen molar-refractivity contribution in [3.05, 3.63) is 6.33 Å². The van der Waals surface area contributed by atoms with E-state index in [-0.39, 0.29) is 6.61 Å². The molecule has 2 aromatic rings. The first-order valence-electron chi connectivity index (χ1n) is 8.84. The summed E-state index contributed by atoms with van der Waals surface area (Å²) in [5.41, 5.74) is 1.10. The standard InChI is InChI=1S/C16H25N5O4S/c1-3-5-17-13-10-14(20-16(19-13)26-6-4-2)21(8-18-10)15-12(24)11(23)9(7-22)25-15/h8-9,11-12,15,22-24H,3-7H2,1-2H3,(H,17,19,20)/t9-,11?,12?,15-/m1/s1. The number of thioether (sulfide) groups is 1. The van der Waals surface area contributed by atoms with Gasteiger partial charge in [0.25, 0.3) is 0 Å². The van der Waals surface area contributed by atoms with Crippen molar-refractivity contribution >= 4 is 28.7 Å². The van der Waals surface area contributed by atoms with Crippen molar-refractivity contribution in [1.29, 1.82) is 0 Å². The fraction of sp³-hybridized carbons (Fsp3) is 0.688. The monoisotopic (exact) mass is 383 g/mol. The molecular weight excluding hydrogens is 358 g/mol. The minimum atomic E-state index is -1.18. The zero-order valence-corrected chi connectivity index (χ0v) is 15.7. The lowest BCUT2D eigenvalue weighted by molar-refractivity contribution is -0.0511. The maximum absolute atomic E-state index is 10.3. The van der Waals surface area contributed by atoms with E-state index in [2.05, 4.69) is 34.1 Å². The zero-order valence-electron chi connectivity index (χ0n) is 14.9. The van der Waals surface area contributed by atoms with Gasteiger partial charge in [-0.3, -0.25) is 4.57 Å². The van der Waals surface area contributed by atoms with Crippen LogP contribution in [0.15, 0.2) is 11.5 Å². The molecular formula is C16H25N5O4S. The van der Waals surface area contributed by atoms with E-state index in [1.165, 1.54) is 6.33 Å². The molecule has 0 aromatic carbocycles. The van der Waals surface area contributed by atoms with Crippen molar-refractivity contribution in [2.75, 3.05) is 24.2 Å². The second-order valence-corrected chi connectivity index (χ2v) is 7.25. The lowest BCUT2D eigenvalue weighted by Gasteiger charge is -2.17. The number of nitrogens with one attached hydrogen (secondary N) is 1. The molecule has 1 aliphatic heterocycles. The number of rotatable bonds is 8. The first-order valence-corrected chi connectivity index (χ1v) is 9.82. The second-order valence-electron chi connectivity index (χ2n) is 6.18. The van der Waals surface area contributed by atoms with Gasteiger partial charge in [0.05, 0.1) is 12.9 Å². The molecule has 26 heavy (non-hydrogen) atoms. The van der Waals surface area contributed by atoms with Crippen LogP contribution in [0.25, 0.3) is 11.2 Å². The van der Waals surface area contributed by atoms with Crippen LogP contribution in [0.4, 0.5) is 5.82 Å². The van der Waals surface area contributed by atoms with Gasteiger partial charge in [-0.2, -0.15) is 0 Å². The molecule has 9 nitrogen and oxygen atoms in total. The normalized spacial score (nSPS) is 25.9. The average Bonchev–Trinajstić information content (AvgIpc) is 3.19. The molecule has 0 spiro atoms. The summed E-state index contributed by atoms with van der Waals surface area (Å²) in [7, 11) is 0. The number of aliphatic hydroxyl groups excluding tert-OH is 3. The van der Waals surface area contributed by atoms with Gasteiger partial charge < -0.3 is 25.4 Å². The molecule has 1 aliphatic rings. The maximum Gasteiger partial charge on any atom is 0.191 e. The predicted molar refractivity (Wildman–Crippen MR) is 98.1 cm³/mol. The van der Waals surface area contributed by atoms with Crippen molar-refractivity contribution in [2.45, 2.75) is 56.4 Å². The number of hydrogen-bond acceptors (Lipinski definition) is 9. The van der Waals surface area contributed by atoms with E-state index >= 15 is 0 Å². The van der Waals surface area contributed by atoms with Gasteiger partial charge in [-0.05, 0) is 12.8 Å². The Hall–Kier alpha value is -1.46. The van der Waals surface area contributed by atoms with E-state index in [4.69, 9.17) is 4.74 Å². The molecule has 0 radical (unpaired) electrons.